The molecular formula is C19H23NO3S. The molecule has 0 spiro atoms. The van der Waals surface area contributed by atoms with Gasteiger partial charge in [0, 0.05) is 24.5 Å². The number of thioether (sulfide) groups is 1. The smallest absolute Gasteiger partial charge is 0.161 e. The number of nitrogens with zero attached hydrogens (tertiary/aromatic N) is 1. The fourth-order valence-electron chi connectivity index (χ4n) is 2.79. The predicted molar refractivity (Wildman–Crippen MR) is 96.9 cm³/mol. The molecular weight excluding hydrogens is 322 g/mol. The number of hydrogen-bond donors (Lipinski definition) is 1. The normalized spacial score (nSPS) is 13.3. The van der Waals surface area contributed by atoms with Crippen molar-refractivity contribution in [3.05, 3.63) is 53.6 Å². The molecule has 0 aromatic heterocycles. The molecule has 1 aliphatic heterocycles. The van der Waals surface area contributed by atoms with E-state index in [0.29, 0.717) is 19.8 Å². The van der Waals surface area contributed by atoms with Gasteiger partial charge >= 0.3 is 0 Å². The van der Waals surface area contributed by atoms with E-state index in [1.165, 1.54) is 10.5 Å². The molecule has 0 atom stereocenters. The molecule has 0 fully saturated rings. The highest BCUT2D eigenvalue weighted by Gasteiger charge is 2.13. The van der Waals surface area contributed by atoms with E-state index in [0.717, 1.165) is 30.2 Å². The first-order chi connectivity index (χ1) is 11.8. The summed E-state index contributed by atoms with van der Waals surface area (Å²) in [6, 6.07) is 14.7. The number of fused-ring (bicyclic) bond motifs is 1. The lowest BCUT2D eigenvalue weighted by atomic mass is 10.1. The maximum Gasteiger partial charge on any atom is 0.161 e. The summed E-state index contributed by atoms with van der Waals surface area (Å²) in [4.78, 5) is 3.50. The minimum Gasteiger partial charge on any atom is -0.486 e. The van der Waals surface area contributed by atoms with Crippen molar-refractivity contribution in [3.8, 4) is 11.5 Å². The molecule has 3 rings (SSSR count). The Morgan fingerprint density at radius 3 is 2.33 bits per heavy atom. The second-order valence-electron chi connectivity index (χ2n) is 5.76. The standard InChI is InChI=1S/C19H23NO3S/c1-24-17-5-2-15(3-6-17)13-20(8-9-21)14-16-4-7-18-19(12-16)23-11-10-22-18/h2-7,12,21H,8-11,13-14H2,1H3. The largest absolute Gasteiger partial charge is 0.486 e. The number of benzene rings is 2. The summed E-state index contributed by atoms with van der Waals surface area (Å²) in [5, 5.41) is 9.38. The predicted octanol–water partition coefficient (Wildman–Crippen LogP) is 3.17. The van der Waals surface area contributed by atoms with Crippen LogP contribution in [0.25, 0.3) is 0 Å². The highest BCUT2D eigenvalue weighted by molar-refractivity contribution is 7.98. The number of ether oxygens (including phenoxy) is 2. The topological polar surface area (TPSA) is 41.9 Å². The second kappa shape index (κ2) is 8.42. The maximum absolute atomic E-state index is 9.38. The molecule has 0 bridgehead atoms. The third-order valence-corrected chi connectivity index (χ3v) is 4.74. The van der Waals surface area contributed by atoms with E-state index in [2.05, 4.69) is 41.5 Å². The molecule has 4 nitrogen and oxygen atoms in total. The monoisotopic (exact) mass is 345 g/mol. The minimum atomic E-state index is 0.146. The van der Waals surface area contributed by atoms with Crippen LogP contribution in [0.3, 0.4) is 0 Å². The first-order valence-electron chi connectivity index (χ1n) is 8.13. The van der Waals surface area contributed by atoms with E-state index in [9.17, 15) is 5.11 Å². The van der Waals surface area contributed by atoms with Crippen molar-refractivity contribution in [2.75, 3.05) is 32.6 Å². The Hall–Kier alpha value is -1.69. The van der Waals surface area contributed by atoms with Gasteiger partial charge in [-0.1, -0.05) is 18.2 Å². The van der Waals surface area contributed by atoms with Gasteiger partial charge in [-0.25, -0.2) is 0 Å². The summed E-state index contributed by atoms with van der Waals surface area (Å²) in [7, 11) is 0. The van der Waals surface area contributed by atoms with Crippen molar-refractivity contribution in [2.45, 2.75) is 18.0 Å². The molecule has 128 valence electrons. The molecule has 0 unspecified atom stereocenters. The van der Waals surface area contributed by atoms with Crippen LogP contribution in [0.4, 0.5) is 0 Å². The molecule has 0 aliphatic carbocycles. The molecule has 0 radical (unpaired) electrons. The zero-order valence-corrected chi connectivity index (χ0v) is 14.7. The molecule has 1 N–H and O–H groups in total. The van der Waals surface area contributed by atoms with Crippen LogP contribution in [0.2, 0.25) is 0 Å². The Labute approximate surface area is 147 Å². The molecule has 2 aromatic carbocycles. The van der Waals surface area contributed by atoms with E-state index < -0.39 is 0 Å². The molecule has 0 saturated heterocycles. The Bertz CT molecular complexity index is 660. The lowest BCUT2D eigenvalue weighted by Crippen LogP contribution is -2.26. The van der Waals surface area contributed by atoms with E-state index in [1.54, 1.807) is 11.8 Å². The molecule has 0 saturated carbocycles. The summed E-state index contributed by atoms with van der Waals surface area (Å²) >= 11 is 1.74. The Morgan fingerprint density at radius 2 is 1.62 bits per heavy atom. The molecule has 24 heavy (non-hydrogen) atoms. The summed E-state index contributed by atoms with van der Waals surface area (Å²) in [6.45, 7) is 3.56. The number of aliphatic hydroxyl groups excluding tert-OH is 1. The van der Waals surface area contributed by atoms with Crippen molar-refractivity contribution in [1.29, 1.82) is 0 Å². The van der Waals surface area contributed by atoms with Gasteiger partial charge in [-0.3, -0.25) is 4.90 Å². The van der Waals surface area contributed by atoms with Crippen LogP contribution >= 0.6 is 11.8 Å². The first kappa shape index (κ1) is 17.1. The van der Waals surface area contributed by atoms with Crippen molar-refractivity contribution in [3.63, 3.8) is 0 Å². The molecule has 1 aliphatic rings. The van der Waals surface area contributed by atoms with Crippen molar-refractivity contribution in [1.82, 2.24) is 4.90 Å². The van der Waals surface area contributed by atoms with Gasteiger partial charge in [-0.2, -0.15) is 0 Å². The van der Waals surface area contributed by atoms with Gasteiger partial charge in [-0.15, -0.1) is 11.8 Å². The third-order valence-electron chi connectivity index (χ3n) is 3.99. The van der Waals surface area contributed by atoms with Crippen LogP contribution in [0.15, 0.2) is 47.4 Å². The Kier molecular flexibility index (Phi) is 6.01. The van der Waals surface area contributed by atoms with Crippen molar-refractivity contribution < 1.29 is 14.6 Å². The fraction of sp³-hybridized carbons (Fsp3) is 0.368. The van der Waals surface area contributed by atoms with Gasteiger partial charge in [0.25, 0.3) is 0 Å². The number of rotatable bonds is 7. The SMILES string of the molecule is CSc1ccc(CN(CCO)Cc2ccc3c(c2)OCCO3)cc1. The van der Waals surface area contributed by atoms with Gasteiger partial charge in [-0.05, 0) is 41.6 Å². The lowest BCUT2D eigenvalue weighted by molar-refractivity contribution is 0.169. The maximum atomic E-state index is 9.38. The molecule has 0 amide bonds. The first-order valence-corrected chi connectivity index (χ1v) is 9.35. The van der Waals surface area contributed by atoms with E-state index in [-0.39, 0.29) is 6.61 Å². The average Bonchev–Trinajstić information content (AvgIpc) is 2.62. The fourth-order valence-corrected chi connectivity index (χ4v) is 3.20. The van der Waals surface area contributed by atoms with Gasteiger partial charge in [0.1, 0.15) is 13.2 Å². The quantitative estimate of drug-likeness (QED) is 0.781. The van der Waals surface area contributed by atoms with Crippen LogP contribution in [0.1, 0.15) is 11.1 Å². The van der Waals surface area contributed by atoms with Crippen LogP contribution in [-0.4, -0.2) is 42.6 Å². The third kappa shape index (κ3) is 4.44. The number of aliphatic hydroxyl groups is 1. The van der Waals surface area contributed by atoms with Gasteiger partial charge < -0.3 is 14.6 Å². The Morgan fingerprint density at radius 1 is 0.958 bits per heavy atom. The molecule has 2 aromatic rings. The van der Waals surface area contributed by atoms with Crippen LogP contribution in [-0.2, 0) is 13.1 Å². The molecule has 5 heteroatoms. The minimum absolute atomic E-state index is 0.146. The highest BCUT2D eigenvalue weighted by Crippen LogP contribution is 2.31. The van der Waals surface area contributed by atoms with E-state index in [1.807, 2.05) is 12.1 Å². The van der Waals surface area contributed by atoms with Gasteiger partial charge in [0.05, 0.1) is 6.61 Å². The van der Waals surface area contributed by atoms with Gasteiger partial charge in [0.2, 0.25) is 0 Å². The Balaban J connectivity index is 1.68. The van der Waals surface area contributed by atoms with Crippen LogP contribution < -0.4 is 9.47 Å². The zero-order chi connectivity index (χ0) is 16.8. The summed E-state index contributed by atoms with van der Waals surface area (Å²) in [6.07, 6.45) is 2.08. The summed E-state index contributed by atoms with van der Waals surface area (Å²) in [5.41, 5.74) is 2.41. The zero-order valence-electron chi connectivity index (χ0n) is 13.9. The van der Waals surface area contributed by atoms with Crippen molar-refractivity contribution in [2.24, 2.45) is 0 Å². The summed E-state index contributed by atoms with van der Waals surface area (Å²) in [5.74, 6) is 1.62. The van der Waals surface area contributed by atoms with Crippen LogP contribution in [0.5, 0.6) is 11.5 Å². The number of hydrogen-bond acceptors (Lipinski definition) is 5. The van der Waals surface area contributed by atoms with Crippen LogP contribution in [0, 0.1) is 0 Å². The van der Waals surface area contributed by atoms with Crippen molar-refractivity contribution >= 4 is 11.8 Å². The second-order valence-corrected chi connectivity index (χ2v) is 6.64. The lowest BCUT2D eigenvalue weighted by Gasteiger charge is -2.23. The van der Waals surface area contributed by atoms with Gasteiger partial charge in [0.15, 0.2) is 11.5 Å². The average molecular weight is 345 g/mol. The molecule has 1 heterocycles. The summed E-state index contributed by atoms with van der Waals surface area (Å²) < 4.78 is 11.2. The highest BCUT2D eigenvalue weighted by atomic mass is 32.2. The van der Waals surface area contributed by atoms with E-state index in [4.69, 9.17) is 9.47 Å². The van der Waals surface area contributed by atoms with E-state index >= 15 is 0 Å².